The van der Waals surface area contributed by atoms with Crippen molar-refractivity contribution < 1.29 is 22.4 Å². The van der Waals surface area contributed by atoms with Crippen LogP contribution >= 0.6 is 0 Å². The van der Waals surface area contributed by atoms with Crippen LogP contribution in [0.2, 0.25) is 0 Å². The minimum Gasteiger partial charge on any atom is -0.406 e. The third-order valence-corrected chi connectivity index (χ3v) is 4.41. The molecule has 9 heteroatoms. The Morgan fingerprint density at radius 2 is 1.47 bits per heavy atom. The van der Waals surface area contributed by atoms with Gasteiger partial charge in [-0.15, -0.1) is 13.2 Å². The number of benzene rings is 2. The number of rotatable bonds is 5. The zero-order valence-corrected chi connectivity index (χ0v) is 15.7. The minimum absolute atomic E-state index is 0.161. The molecule has 1 unspecified atom stereocenters. The van der Waals surface area contributed by atoms with Gasteiger partial charge in [-0.25, -0.2) is 9.97 Å². The maximum absolute atomic E-state index is 12.3. The van der Waals surface area contributed by atoms with Crippen molar-refractivity contribution in [1.82, 2.24) is 20.1 Å². The van der Waals surface area contributed by atoms with Crippen molar-refractivity contribution in [2.75, 3.05) is 0 Å². The molecule has 0 aliphatic carbocycles. The number of halogens is 3. The predicted molar refractivity (Wildman–Crippen MR) is 101 cm³/mol. The van der Waals surface area contributed by atoms with E-state index < -0.39 is 6.36 Å². The molecule has 1 atom stereocenters. The van der Waals surface area contributed by atoms with Crippen molar-refractivity contribution in [3.63, 3.8) is 0 Å². The number of hydrogen-bond acceptors (Lipinski definition) is 6. The zero-order valence-electron chi connectivity index (χ0n) is 15.7. The lowest BCUT2D eigenvalue weighted by Gasteiger charge is -2.10. The normalized spacial score (nSPS) is 12.5. The van der Waals surface area contributed by atoms with E-state index in [1.165, 1.54) is 12.1 Å². The Morgan fingerprint density at radius 3 is 2.07 bits per heavy atom. The van der Waals surface area contributed by atoms with Gasteiger partial charge in [0.25, 0.3) is 0 Å². The molecule has 0 saturated carbocycles. The van der Waals surface area contributed by atoms with Crippen LogP contribution in [-0.4, -0.2) is 26.5 Å². The number of nitrogens with zero attached hydrogens (tertiary/aromatic N) is 4. The molecule has 0 saturated heterocycles. The molecule has 0 bridgehead atoms. The van der Waals surface area contributed by atoms with E-state index in [2.05, 4.69) is 24.8 Å². The summed E-state index contributed by atoms with van der Waals surface area (Å²) >= 11 is 0. The lowest BCUT2D eigenvalue weighted by molar-refractivity contribution is -0.274. The average Bonchev–Trinajstić information content (AvgIpc) is 3.24. The molecule has 0 radical (unpaired) electrons. The van der Waals surface area contributed by atoms with Gasteiger partial charge < -0.3 is 9.26 Å². The van der Waals surface area contributed by atoms with Gasteiger partial charge in [0.1, 0.15) is 5.75 Å². The van der Waals surface area contributed by atoms with Crippen LogP contribution in [0.4, 0.5) is 13.2 Å². The molecule has 6 nitrogen and oxygen atoms in total. The van der Waals surface area contributed by atoms with Crippen LogP contribution in [0.25, 0.3) is 22.8 Å². The van der Waals surface area contributed by atoms with E-state index in [4.69, 9.17) is 4.52 Å². The predicted octanol–water partition coefficient (Wildman–Crippen LogP) is 5.24. The van der Waals surface area contributed by atoms with Gasteiger partial charge in [0.2, 0.25) is 17.5 Å². The Balaban J connectivity index is 1.49. The highest BCUT2D eigenvalue weighted by Gasteiger charge is 2.31. The fourth-order valence-corrected chi connectivity index (χ4v) is 2.87. The smallest absolute Gasteiger partial charge is 0.406 e. The highest BCUT2D eigenvalue weighted by Crippen LogP contribution is 2.29. The van der Waals surface area contributed by atoms with Gasteiger partial charge in [0, 0.05) is 12.4 Å². The van der Waals surface area contributed by atoms with Crippen LogP contribution in [0.15, 0.2) is 71.5 Å². The first-order valence-corrected chi connectivity index (χ1v) is 8.96. The molecule has 30 heavy (non-hydrogen) atoms. The summed E-state index contributed by atoms with van der Waals surface area (Å²) < 4.78 is 46.1. The number of ether oxygens (including phenoxy) is 1. The van der Waals surface area contributed by atoms with Crippen molar-refractivity contribution in [3.05, 3.63) is 78.4 Å². The number of aromatic nitrogens is 4. The SMILES string of the molecule is CC(c1ccc(-c2ccc(OC(F)(F)F)cc2)cc1)c1nc(-c2ncccn2)no1. The summed E-state index contributed by atoms with van der Waals surface area (Å²) in [4.78, 5) is 12.6. The van der Waals surface area contributed by atoms with Crippen LogP contribution in [0, 0.1) is 0 Å². The van der Waals surface area contributed by atoms with E-state index in [9.17, 15) is 13.2 Å². The molecular weight excluding hydrogens is 397 g/mol. The van der Waals surface area contributed by atoms with E-state index in [0.717, 1.165) is 16.7 Å². The molecule has 2 aromatic carbocycles. The maximum atomic E-state index is 12.3. The monoisotopic (exact) mass is 412 g/mol. The fourth-order valence-electron chi connectivity index (χ4n) is 2.87. The Hall–Kier alpha value is -3.75. The van der Waals surface area contributed by atoms with E-state index >= 15 is 0 Å². The second-order valence-corrected chi connectivity index (χ2v) is 6.44. The maximum Gasteiger partial charge on any atom is 0.573 e. The van der Waals surface area contributed by atoms with Crippen molar-refractivity contribution in [1.29, 1.82) is 0 Å². The van der Waals surface area contributed by atoms with Crippen LogP contribution in [0.5, 0.6) is 5.75 Å². The summed E-state index contributed by atoms with van der Waals surface area (Å²) in [5, 5.41) is 3.93. The third-order valence-electron chi connectivity index (χ3n) is 4.41. The topological polar surface area (TPSA) is 73.9 Å². The van der Waals surface area contributed by atoms with Crippen molar-refractivity contribution in [2.24, 2.45) is 0 Å². The average molecular weight is 412 g/mol. The Bertz CT molecular complexity index is 1110. The number of alkyl halides is 3. The highest BCUT2D eigenvalue weighted by atomic mass is 19.4. The zero-order chi connectivity index (χ0) is 21.1. The van der Waals surface area contributed by atoms with Gasteiger partial charge in [-0.3, -0.25) is 0 Å². The molecule has 4 rings (SSSR count). The van der Waals surface area contributed by atoms with E-state index in [-0.39, 0.29) is 11.7 Å². The summed E-state index contributed by atoms with van der Waals surface area (Å²) in [6.07, 6.45) is -1.51. The van der Waals surface area contributed by atoms with Crippen LogP contribution in [0.1, 0.15) is 24.3 Å². The molecule has 0 N–H and O–H groups in total. The Morgan fingerprint density at radius 1 is 0.867 bits per heavy atom. The molecule has 4 aromatic rings. The van der Waals surface area contributed by atoms with E-state index in [1.807, 2.05) is 31.2 Å². The van der Waals surface area contributed by atoms with Crippen LogP contribution in [-0.2, 0) is 0 Å². The second-order valence-electron chi connectivity index (χ2n) is 6.44. The summed E-state index contributed by atoms with van der Waals surface area (Å²) in [6.45, 7) is 1.93. The highest BCUT2D eigenvalue weighted by molar-refractivity contribution is 5.64. The van der Waals surface area contributed by atoms with Crippen molar-refractivity contribution in [3.8, 4) is 28.5 Å². The lowest BCUT2D eigenvalue weighted by Crippen LogP contribution is -2.16. The fraction of sp³-hybridized carbons (Fsp3) is 0.143. The summed E-state index contributed by atoms with van der Waals surface area (Å²) in [5.41, 5.74) is 2.57. The minimum atomic E-state index is -4.71. The van der Waals surface area contributed by atoms with Gasteiger partial charge in [-0.2, -0.15) is 4.98 Å². The molecule has 0 aliphatic heterocycles. The van der Waals surface area contributed by atoms with Gasteiger partial charge in [0.15, 0.2) is 0 Å². The van der Waals surface area contributed by atoms with Gasteiger partial charge in [-0.1, -0.05) is 41.6 Å². The first kappa shape index (κ1) is 19.6. The summed E-state index contributed by atoms with van der Waals surface area (Å²) in [7, 11) is 0. The first-order valence-electron chi connectivity index (χ1n) is 8.96. The molecule has 2 heterocycles. The molecule has 0 fully saturated rings. The summed E-state index contributed by atoms with van der Waals surface area (Å²) in [6, 6.07) is 15.0. The molecule has 0 amide bonds. The van der Waals surface area contributed by atoms with Gasteiger partial charge >= 0.3 is 6.36 Å². The molecule has 0 spiro atoms. The van der Waals surface area contributed by atoms with Crippen LogP contribution < -0.4 is 4.74 Å². The second kappa shape index (κ2) is 7.94. The summed E-state index contributed by atoms with van der Waals surface area (Å²) in [5.74, 6) is 0.708. The van der Waals surface area contributed by atoms with Gasteiger partial charge in [-0.05, 0) is 41.8 Å². The lowest BCUT2D eigenvalue weighted by atomic mass is 9.97. The van der Waals surface area contributed by atoms with Crippen LogP contribution in [0.3, 0.4) is 0 Å². The van der Waals surface area contributed by atoms with Crippen molar-refractivity contribution >= 4 is 0 Å². The van der Waals surface area contributed by atoms with E-state index in [0.29, 0.717) is 17.5 Å². The molecular formula is C21H15F3N4O2. The molecule has 152 valence electrons. The van der Waals surface area contributed by atoms with E-state index in [1.54, 1.807) is 30.6 Å². The third kappa shape index (κ3) is 4.45. The largest absolute Gasteiger partial charge is 0.573 e. The first-order chi connectivity index (χ1) is 14.4. The Labute approximate surface area is 169 Å². The number of hydrogen-bond donors (Lipinski definition) is 0. The Kier molecular flexibility index (Phi) is 5.18. The quantitative estimate of drug-likeness (QED) is 0.446. The van der Waals surface area contributed by atoms with Crippen molar-refractivity contribution in [2.45, 2.75) is 19.2 Å². The molecule has 2 aromatic heterocycles. The van der Waals surface area contributed by atoms with Gasteiger partial charge in [0.05, 0.1) is 5.92 Å². The standard InChI is InChI=1S/C21H15F3N4O2/c1-13(20-27-19(28-30-20)18-25-11-2-12-26-18)14-3-5-15(6-4-14)16-7-9-17(10-8-16)29-21(22,23)24/h2-13H,1H3. The molecule has 0 aliphatic rings.